The van der Waals surface area contributed by atoms with Crippen molar-refractivity contribution in [3.63, 3.8) is 0 Å². The number of ether oxygens (including phenoxy) is 1. The lowest BCUT2D eigenvalue weighted by Crippen LogP contribution is -2.61. The number of hydrogen-bond acceptors (Lipinski definition) is 6. The second-order valence-corrected chi connectivity index (χ2v) is 11.8. The second kappa shape index (κ2) is 9.24. The van der Waals surface area contributed by atoms with Crippen LogP contribution in [0.25, 0.3) is 10.8 Å². The number of nitrogens with one attached hydrogen (secondary N) is 1. The van der Waals surface area contributed by atoms with E-state index < -0.39 is 0 Å². The number of nitrogens with zero attached hydrogens (tertiary/aromatic N) is 2. The van der Waals surface area contributed by atoms with Gasteiger partial charge in [-0.1, -0.05) is 30.3 Å². The molecule has 198 valence electrons. The first-order valence-corrected chi connectivity index (χ1v) is 14.1. The summed E-state index contributed by atoms with van der Waals surface area (Å²) in [6, 6.07) is 13.7. The molecule has 7 rings (SSSR count). The van der Waals surface area contributed by atoms with Gasteiger partial charge in [0.15, 0.2) is 11.5 Å². The fourth-order valence-electron chi connectivity index (χ4n) is 7.35. The van der Waals surface area contributed by atoms with Gasteiger partial charge >= 0.3 is 0 Å². The van der Waals surface area contributed by atoms with Crippen molar-refractivity contribution in [3.05, 3.63) is 65.5 Å². The zero-order valence-corrected chi connectivity index (χ0v) is 21.6. The highest BCUT2D eigenvalue weighted by molar-refractivity contribution is 5.96. The first-order valence-electron chi connectivity index (χ1n) is 14.1. The van der Waals surface area contributed by atoms with Crippen molar-refractivity contribution in [1.29, 1.82) is 0 Å². The molecule has 2 bridgehead atoms. The minimum Gasteiger partial charge on any atom is -0.504 e. The molecule has 4 unspecified atom stereocenters. The van der Waals surface area contributed by atoms with Gasteiger partial charge in [0.25, 0.3) is 5.91 Å². The van der Waals surface area contributed by atoms with Gasteiger partial charge in [0.1, 0.15) is 11.8 Å². The highest BCUT2D eigenvalue weighted by Crippen LogP contribution is 2.59. The van der Waals surface area contributed by atoms with Gasteiger partial charge in [-0.15, -0.1) is 0 Å². The number of rotatable bonds is 8. The second-order valence-electron chi connectivity index (χ2n) is 11.8. The van der Waals surface area contributed by atoms with Gasteiger partial charge in [0, 0.05) is 41.8 Å². The Balaban J connectivity index is 1.22. The molecule has 4 aliphatic rings. The predicted octanol–water partition coefficient (Wildman–Crippen LogP) is 3.94. The highest BCUT2D eigenvalue weighted by Gasteiger charge is 2.59. The van der Waals surface area contributed by atoms with Crippen LogP contribution >= 0.6 is 0 Å². The number of aliphatic hydroxyl groups excluding tert-OH is 1. The van der Waals surface area contributed by atoms with Gasteiger partial charge in [-0.3, -0.25) is 14.7 Å². The fraction of sp³-hybridized carbons (Fsp3) is 0.484. The molecular weight excluding hydrogens is 478 g/mol. The third-order valence-corrected chi connectivity index (χ3v) is 9.34. The Hall–Kier alpha value is -3.16. The van der Waals surface area contributed by atoms with Crippen LogP contribution in [0.5, 0.6) is 11.5 Å². The molecule has 1 saturated carbocycles. The summed E-state index contributed by atoms with van der Waals surface area (Å²) >= 11 is 0. The maximum absolute atomic E-state index is 13.5. The van der Waals surface area contributed by atoms with E-state index in [1.807, 2.05) is 30.3 Å². The molecule has 1 aromatic heterocycles. The van der Waals surface area contributed by atoms with E-state index in [1.165, 1.54) is 24.9 Å². The number of pyridine rings is 1. The van der Waals surface area contributed by atoms with Crippen molar-refractivity contribution in [2.24, 2.45) is 5.92 Å². The molecule has 3 heterocycles. The Morgan fingerprint density at radius 1 is 1.21 bits per heavy atom. The van der Waals surface area contributed by atoms with Crippen LogP contribution < -0.4 is 10.1 Å². The molecule has 7 heteroatoms. The summed E-state index contributed by atoms with van der Waals surface area (Å²) in [4.78, 5) is 20.7. The summed E-state index contributed by atoms with van der Waals surface area (Å²) in [5.41, 5.74) is 2.52. The van der Waals surface area contributed by atoms with Gasteiger partial charge in [-0.05, 0) is 80.5 Å². The van der Waals surface area contributed by atoms with Crippen LogP contribution in [0.4, 0.5) is 0 Å². The summed E-state index contributed by atoms with van der Waals surface area (Å²) < 4.78 is 6.65. The number of aromatic nitrogens is 1. The van der Waals surface area contributed by atoms with Crippen LogP contribution in [-0.4, -0.2) is 63.9 Å². The summed E-state index contributed by atoms with van der Waals surface area (Å²) in [6.07, 6.45) is 8.12. The molecule has 2 fully saturated rings. The first-order chi connectivity index (χ1) is 18.6. The minimum atomic E-state index is -0.323. The maximum Gasteiger partial charge on any atom is 0.270 e. The van der Waals surface area contributed by atoms with Crippen LogP contribution in [0.15, 0.2) is 48.7 Å². The van der Waals surface area contributed by atoms with Crippen LogP contribution in [0.1, 0.15) is 60.1 Å². The van der Waals surface area contributed by atoms with Crippen molar-refractivity contribution in [2.45, 2.75) is 68.5 Å². The number of carbonyl (C=O) groups excluding carboxylic acids is 1. The van der Waals surface area contributed by atoms with Crippen molar-refractivity contribution < 1.29 is 19.7 Å². The van der Waals surface area contributed by atoms with Gasteiger partial charge in [-0.25, -0.2) is 0 Å². The number of aliphatic hydroxyl groups is 1. The average molecular weight is 514 g/mol. The van der Waals surface area contributed by atoms with E-state index in [1.54, 1.807) is 12.3 Å². The number of fused-ring (bicyclic) bond motifs is 2. The fourth-order valence-corrected chi connectivity index (χ4v) is 7.35. The number of aromatic hydroxyl groups is 1. The topological polar surface area (TPSA) is 94.9 Å². The van der Waals surface area contributed by atoms with Crippen LogP contribution in [0.3, 0.4) is 0 Å². The molecule has 2 aliphatic carbocycles. The Labute approximate surface area is 222 Å². The number of phenolic OH excluding ortho intramolecular Hbond substituents is 1. The highest BCUT2D eigenvalue weighted by atomic mass is 16.5. The summed E-state index contributed by atoms with van der Waals surface area (Å²) in [5.74, 6) is 1.36. The lowest BCUT2D eigenvalue weighted by molar-refractivity contribution is 0.0113. The summed E-state index contributed by atoms with van der Waals surface area (Å²) in [7, 11) is 0. The molecule has 0 radical (unpaired) electrons. The normalized spacial score (nSPS) is 26.6. The number of benzene rings is 2. The van der Waals surface area contributed by atoms with Crippen LogP contribution in [-0.2, 0) is 11.8 Å². The maximum atomic E-state index is 13.5. The molecule has 3 aromatic rings. The molecular formula is C31H35N3O4. The third kappa shape index (κ3) is 3.95. The molecule has 7 nitrogen and oxygen atoms in total. The molecule has 38 heavy (non-hydrogen) atoms. The Morgan fingerprint density at radius 3 is 2.87 bits per heavy atom. The monoisotopic (exact) mass is 513 g/mol. The molecule has 1 amide bonds. The molecule has 1 saturated heterocycles. The zero-order chi connectivity index (χ0) is 25.9. The number of likely N-dealkylation sites (tertiary alicyclic amines) is 1. The third-order valence-electron chi connectivity index (χ3n) is 9.34. The van der Waals surface area contributed by atoms with Crippen molar-refractivity contribution in [1.82, 2.24) is 15.2 Å². The van der Waals surface area contributed by atoms with E-state index in [4.69, 9.17) is 4.74 Å². The van der Waals surface area contributed by atoms with Crippen LogP contribution in [0, 0.1) is 5.92 Å². The first kappa shape index (κ1) is 23.9. The number of piperidine rings is 1. The van der Waals surface area contributed by atoms with Gasteiger partial charge in [0.05, 0.1) is 6.04 Å². The zero-order valence-electron chi connectivity index (χ0n) is 21.6. The number of phenols is 1. The Bertz CT molecular complexity index is 1390. The van der Waals surface area contributed by atoms with E-state index >= 15 is 0 Å². The quantitative estimate of drug-likeness (QED) is 0.422. The number of amides is 1. The number of hydrogen-bond donors (Lipinski definition) is 3. The van der Waals surface area contributed by atoms with Crippen LogP contribution in [0.2, 0.25) is 0 Å². The van der Waals surface area contributed by atoms with E-state index in [2.05, 4.69) is 21.3 Å². The smallest absolute Gasteiger partial charge is 0.270 e. The Kier molecular flexibility index (Phi) is 5.82. The Morgan fingerprint density at radius 2 is 2.05 bits per heavy atom. The SMILES string of the molecule is O=C(NC(CCCO)C1Oc2c(O)ccc3c2C12CCN(CC1CC1)C(C3)C2)c1cc2ccccc2cn1. The minimum absolute atomic E-state index is 0.0432. The van der Waals surface area contributed by atoms with Crippen molar-refractivity contribution in [2.75, 3.05) is 19.7 Å². The van der Waals surface area contributed by atoms with Gasteiger partial charge in [0.2, 0.25) is 0 Å². The summed E-state index contributed by atoms with van der Waals surface area (Å²) in [6.45, 7) is 2.22. The number of carbonyl (C=O) groups is 1. The standard InChI is InChI=1S/C31H35N3O4/c35-13-3-6-24(33-30(37)25-15-20-4-1-2-5-22(20)17-32-25)29-31-11-12-34(18-19-7-8-19)23(16-31)14-21-9-10-26(36)28(38-29)27(21)31/h1-2,4-5,9-10,15,17,19,23-24,29,35-36H,3,6-8,11-14,16,18H2,(H,33,37). The molecule has 3 N–H and O–H groups in total. The lowest BCUT2D eigenvalue weighted by atomic mass is 9.60. The van der Waals surface area contributed by atoms with Crippen molar-refractivity contribution in [3.8, 4) is 11.5 Å². The van der Waals surface area contributed by atoms with Gasteiger partial charge < -0.3 is 20.3 Å². The molecule has 2 aliphatic heterocycles. The lowest BCUT2D eigenvalue weighted by Gasteiger charge is -2.51. The van der Waals surface area contributed by atoms with E-state index in [-0.39, 0.29) is 35.8 Å². The van der Waals surface area contributed by atoms with Gasteiger partial charge in [-0.2, -0.15) is 0 Å². The van der Waals surface area contributed by atoms with Crippen molar-refractivity contribution >= 4 is 16.7 Å². The predicted molar refractivity (Wildman–Crippen MR) is 145 cm³/mol. The molecule has 2 aromatic carbocycles. The molecule has 1 spiro atoms. The molecule has 4 atom stereocenters. The average Bonchev–Trinajstić information content (AvgIpc) is 3.70. The van der Waals surface area contributed by atoms with E-state index in [0.717, 1.165) is 48.1 Å². The van der Waals surface area contributed by atoms with E-state index in [0.29, 0.717) is 30.3 Å². The van der Waals surface area contributed by atoms with E-state index in [9.17, 15) is 15.0 Å². The summed E-state index contributed by atoms with van der Waals surface area (Å²) in [5, 5.41) is 25.8. The largest absolute Gasteiger partial charge is 0.504 e.